The van der Waals surface area contributed by atoms with Crippen LogP contribution in [0.1, 0.15) is 33.6 Å². The smallest absolute Gasteiger partial charge is 0.443 e. The van der Waals surface area contributed by atoms with Crippen LogP contribution in [0.4, 0.5) is 18.0 Å². The van der Waals surface area contributed by atoms with Crippen LogP contribution in [0.3, 0.4) is 0 Å². The van der Waals surface area contributed by atoms with Gasteiger partial charge in [0.2, 0.25) is 0 Å². The van der Waals surface area contributed by atoms with Crippen molar-refractivity contribution in [2.75, 3.05) is 19.6 Å². The zero-order valence-electron chi connectivity index (χ0n) is 15.7. The third-order valence-corrected chi connectivity index (χ3v) is 4.34. The largest absolute Gasteiger partial charge is 0.471 e. The second-order valence-electron chi connectivity index (χ2n) is 7.70. The molecule has 2 amide bonds. The van der Waals surface area contributed by atoms with E-state index >= 15 is 0 Å². The molecule has 2 aliphatic rings. The molecule has 1 unspecified atom stereocenters. The van der Waals surface area contributed by atoms with Gasteiger partial charge in [-0.25, -0.2) is 4.79 Å². The molecule has 1 saturated heterocycles. The van der Waals surface area contributed by atoms with Gasteiger partial charge in [-0.2, -0.15) is 13.2 Å². The van der Waals surface area contributed by atoms with E-state index in [2.05, 4.69) is 5.32 Å². The highest BCUT2D eigenvalue weighted by Crippen LogP contribution is 2.28. The second kappa shape index (κ2) is 8.33. The Morgan fingerprint density at radius 1 is 1.26 bits per heavy atom. The van der Waals surface area contributed by atoms with Crippen LogP contribution in [-0.4, -0.2) is 54.4 Å². The Balaban J connectivity index is 2.13. The number of halogens is 3. The summed E-state index contributed by atoms with van der Waals surface area (Å²) < 4.78 is 42.6. The number of hydrogen-bond donors (Lipinski definition) is 2. The quantitative estimate of drug-likeness (QED) is 0.779. The monoisotopic (exact) mass is 389 g/mol. The summed E-state index contributed by atoms with van der Waals surface area (Å²) in [5, 5.41) is 5.12. The second-order valence-corrected chi connectivity index (χ2v) is 7.70. The van der Waals surface area contributed by atoms with Crippen molar-refractivity contribution in [2.45, 2.75) is 51.4 Å². The summed E-state index contributed by atoms with van der Waals surface area (Å²) in [4.78, 5) is 25.1. The maximum absolute atomic E-state index is 12.6. The molecular formula is C18H26F3N3O3. The van der Waals surface area contributed by atoms with Gasteiger partial charge in [0.05, 0.1) is 6.04 Å². The van der Waals surface area contributed by atoms with Crippen LogP contribution in [0.25, 0.3) is 0 Å². The molecule has 152 valence electrons. The average Bonchev–Trinajstić information content (AvgIpc) is 2.57. The molecule has 0 aromatic rings. The van der Waals surface area contributed by atoms with Crippen molar-refractivity contribution in [3.63, 3.8) is 0 Å². The molecule has 0 aliphatic carbocycles. The predicted octanol–water partition coefficient (Wildman–Crippen LogP) is 2.72. The maximum atomic E-state index is 12.6. The molecule has 1 atom stereocenters. The number of ether oxygens (including phenoxy) is 1. The number of nitrogens with one attached hydrogen (secondary N) is 2. The Bertz CT molecular complexity index is 618. The van der Waals surface area contributed by atoms with E-state index in [4.69, 9.17) is 4.74 Å². The first-order chi connectivity index (χ1) is 12.5. The zero-order valence-corrected chi connectivity index (χ0v) is 15.7. The number of carbonyl (C=O) groups excluding carboxylic acids is 2. The molecule has 0 aromatic heterocycles. The minimum absolute atomic E-state index is 0.150. The fourth-order valence-electron chi connectivity index (χ4n) is 3.08. The third-order valence-electron chi connectivity index (χ3n) is 4.34. The van der Waals surface area contributed by atoms with Crippen molar-refractivity contribution in [1.29, 1.82) is 0 Å². The molecule has 27 heavy (non-hydrogen) atoms. The van der Waals surface area contributed by atoms with Crippen LogP contribution in [0, 0.1) is 5.92 Å². The number of rotatable bonds is 3. The normalized spacial score (nSPS) is 21.6. The minimum atomic E-state index is -4.92. The number of nitrogens with zero attached hydrogens (tertiary/aromatic N) is 1. The number of amides is 2. The molecule has 2 N–H and O–H groups in total. The van der Waals surface area contributed by atoms with Gasteiger partial charge in [-0.05, 0) is 64.3 Å². The highest BCUT2D eigenvalue weighted by molar-refractivity contribution is 5.82. The Morgan fingerprint density at radius 2 is 1.89 bits per heavy atom. The van der Waals surface area contributed by atoms with E-state index in [-0.39, 0.29) is 18.5 Å². The van der Waals surface area contributed by atoms with Gasteiger partial charge in [-0.15, -0.1) is 0 Å². The lowest BCUT2D eigenvalue weighted by Crippen LogP contribution is -2.47. The van der Waals surface area contributed by atoms with Crippen LogP contribution in [0.15, 0.2) is 23.9 Å². The standard InChI is InChI=1S/C18H26F3N3O3/c1-17(2,3)27-16(26)24-9-6-12(11-23-15(25)18(19,20)21)10-14(24)13-4-7-22-8-5-13/h6,9-10,13-14,22H,4-5,7-8,11H2,1-3H3,(H,23,25). The number of carbonyl (C=O) groups is 2. The Morgan fingerprint density at radius 3 is 2.44 bits per heavy atom. The van der Waals surface area contributed by atoms with Gasteiger partial charge in [0.1, 0.15) is 5.60 Å². The van der Waals surface area contributed by atoms with Crippen LogP contribution < -0.4 is 10.6 Å². The summed E-state index contributed by atoms with van der Waals surface area (Å²) in [7, 11) is 0. The van der Waals surface area contributed by atoms with Crippen molar-refractivity contribution >= 4 is 12.0 Å². The molecule has 0 spiro atoms. The van der Waals surface area contributed by atoms with Crippen LogP contribution >= 0.6 is 0 Å². The summed E-state index contributed by atoms with van der Waals surface area (Å²) in [5.41, 5.74) is -0.134. The fourth-order valence-corrected chi connectivity index (χ4v) is 3.08. The lowest BCUT2D eigenvalue weighted by atomic mass is 9.87. The van der Waals surface area contributed by atoms with Crippen LogP contribution in [-0.2, 0) is 9.53 Å². The molecule has 2 aliphatic heterocycles. The molecule has 0 saturated carbocycles. The van der Waals surface area contributed by atoms with E-state index in [1.54, 1.807) is 26.8 Å². The molecule has 0 radical (unpaired) electrons. The van der Waals surface area contributed by atoms with E-state index in [9.17, 15) is 22.8 Å². The van der Waals surface area contributed by atoms with Crippen LogP contribution in [0.2, 0.25) is 0 Å². The Hall–Kier alpha value is -2.03. The first-order valence-corrected chi connectivity index (χ1v) is 8.93. The molecule has 9 heteroatoms. The number of piperidine rings is 1. The van der Waals surface area contributed by atoms with Gasteiger partial charge in [0, 0.05) is 12.7 Å². The molecule has 1 fully saturated rings. The fraction of sp³-hybridized carbons (Fsp3) is 0.667. The first-order valence-electron chi connectivity index (χ1n) is 8.93. The van der Waals surface area contributed by atoms with Gasteiger partial charge in [-0.3, -0.25) is 9.69 Å². The van der Waals surface area contributed by atoms with E-state index in [0.29, 0.717) is 5.57 Å². The summed E-state index contributed by atoms with van der Waals surface area (Å²) >= 11 is 0. The molecule has 2 rings (SSSR count). The number of hydrogen-bond acceptors (Lipinski definition) is 4. The van der Waals surface area contributed by atoms with E-state index in [1.807, 2.05) is 5.32 Å². The van der Waals surface area contributed by atoms with Crippen molar-refractivity contribution in [2.24, 2.45) is 5.92 Å². The summed E-state index contributed by atoms with van der Waals surface area (Å²) in [6.07, 6.45) is 1.03. The van der Waals surface area contributed by atoms with Crippen molar-refractivity contribution < 1.29 is 27.5 Å². The van der Waals surface area contributed by atoms with Crippen molar-refractivity contribution in [1.82, 2.24) is 15.5 Å². The van der Waals surface area contributed by atoms with Crippen molar-refractivity contribution in [3.05, 3.63) is 23.9 Å². The van der Waals surface area contributed by atoms with Gasteiger partial charge in [-0.1, -0.05) is 6.08 Å². The molecular weight excluding hydrogens is 363 g/mol. The summed E-state index contributed by atoms with van der Waals surface area (Å²) in [6, 6.07) is -0.329. The highest BCUT2D eigenvalue weighted by atomic mass is 19.4. The third kappa shape index (κ3) is 6.27. The lowest BCUT2D eigenvalue weighted by Gasteiger charge is -2.38. The van der Waals surface area contributed by atoms with Gasteiger partial charge in [0.15, 0.2) is 0 Å². The van der Waals surface area contributed by atoms with Gasteiger partial charge in [0.25, 0.3) is 0 Å². The van der Waals surface area contributed by atoms with E-state index in [1.165, 1.54) is 17.2 Å². The SMILES string of the molecule is CC(C)(C)OC(=O)N1C=CC(CNC(=O)C(F)(F)F)=CC1C1CCNCC1. The van der Waals surface area contributed by atoms with Crippen LogP contribution in [0.5, 0.6) is 0 Å². The molecule has 6 nitrogen and oxygen atoms in total. The highest BCUT2D eigenvalue weighted by Gasteiger charge is 2.39. The van der Waals surface area contributed by atoms with E-state index < -0.39 is 23.8 Å². The van der Waals surface area contributed by atoms with Gasteiger partial charge < -0.3 is 15.4 Å². The predicted molar refractivity (Wildman–Crippen MR) is 93.7 cm³/mol. The van der Waals surface area contributed by atoms with Gasteiger partial charge >= 0.3 is 18.2 Å². The lowest BCUT2D eigenvalue weighted by molar-refractivity contribution is -0.173. The molecule has 0 bridgehead atoms. The van der Waals surface area contributed by atoms with E-state index in [0.717, 1.165) is 25.9 Å². The zero-order chi connectivity index (χ0) is 20.2. The molecule has 0 aromatic carbocycles. The Labute approximate surface area is 156 Å². The average molecular weight is 389 g/mol. The minimum Gasteiger partial charge on any atom is -0.443 e. The Kier molecular flexibility index (Phi) is 6.56. The summed E-state index contributed by atoms with van der Waals surface area (Å²) in [6.45, 7) is 6.67. The van der Waals surface area contributed by atoms with Crippen molar-refractivity contribution in [3.8, 4) is 0 Å². The topological polar surface area (TPSA) is 70.7 Å². The summed E-state index contributed by atoms with van der Waals surface area (Å²) in [5.74, 6) is -1.83. The number of alkyl halides is 3. The molecule has 2 heterocycles. The first kappa shape index (κ1) is 21.3. The maximum Gasteiger partial charge on any atom is 0.471 e.